The maximum absolute atomic E-state index is 5.49. The summed E-state index contributed by atoms with van der Waals surface area (Å²) < 4.78 is 6.83. The van der Waals surface area contributed by atoms with Crippen molar-refractivity contribution in [2.45, 2.75) is 25.3 Å². The van der Waals surface area contributed by atoms with E-state index < -0.39 is 0 Å². The van der Waals surface area contributed by atoms with Crippen LogP contribution in [0.5, 0.6) is 0 Å². The summed E-state index contributed by atoms with van der Waals surface area (Å²) in [7, 11) is 0. The second-order valence-corrected chi connectivity index (χ2v) is 4.80. The quantitative estimate of drug-likeness (QED) is 0.702. The van der Waals surface area contributed by atoms with Crippen LogP contribution in [-0.2, 0) is 4.74 Å². The first kappa shape index (κ1) is 9.69. The van der Waals surface area contributed by atoms with E-state index in [2.05, 4.69) is 26.9 Å². The van der Waals surface area contributed by atoms with Crippen LogP contribution >= 0.6 is 15.9 Å². The Labute approximate surface area is 88.1 Å². The van der Waals surface area contributed by atoms with E-state index in [1.165, 1.54) is 30.3 Å². The molecule has 2 aliphatic rings. The molecule has 0 spiro atoms. The first-order chi connectivity index (χ1) is 6.36. The van der Waals surface area contributed by atoms with Gasteiger partial charge in [-0.05, 0) is 19.3 Å². The minimum absolute atomic E-state index is 0.662. The van der Waals surface area contributed by atoms with Crippen LogP contribution in [0.3, 0.4) is 0 Å². The third-order valence-electron chi connectivity index (χ3n) is 2.79. The predicted octanol–water partition coefficient (Wildman–Crippen LogP) is 2.15. The second kappa shape index (κ2) is 4.58. The van der Waals surface area contributed by atoms with Crippen molar-refractivity contribution in [3.05, 3.63) is 10.6 Å². The van der Waals surface area contributed by atoms with E-state index in [1.807, 2.05) is 0 Å². The normalized spacial score (nSPS) is 31.5. The fraction of sp³-hybridized carbons (Fsp3) is 0.800. The van der Waals surface area contributed by atoms with Gasteiger partial charge in [0.2, 0.25) is 0 Å². The summed E-state index contributed by atoms with van der Waals surface area (Å²) in [5.74, 6) is 0. The van der Waals surface area contributed by atoms with E-state index in [9.17, 15) is 0 Å². The molecule has 13 heavy (non-hydrogen) atoms. The third kappa shape index (κ3) is 2.55. The molecule has 1 atom stereocenters. The van der Waals surface area contributed by atoms with Crippen molar-refractivity contribution in [1.29, 1.82) is 0 Å². The Bertz CT molecular complexity index is 199. The topological polar surface area (TPSA) is 12.5 Å². The van der Waals surface area contributed by atoms with Crippen LogP contribution in [0.25, 0.3) is 0 Å². The maximum Gasteiger partial charge on any atom is 0.0621 e. The molecule has 2 aliphatic heterocycles. The molecule has 1 unspecified atom stereocenters. The molecule has 0 aliphatic carbocycles. The highest BCUT2D eigenvalue weighted by Crippen LogP contribution is 2.21. The van der Waals surface area contributed by atoms with Crippen molar-refractivity contribution in [2.75, 3.05) is 26.3 Å². The second-order valence-electron chi connectivity index (χ2n) is 3.78. The van der Waals surface area contributed by atoms with Gasteiger partial charge in [-0.2, -0.15) is 0 Å². The van der Waals surface area contributed by atoms with E-state index in [0.29, 0.717) is 6.04 Å². The van der Waals surface area contributed by atoms with Gasteiger partial charge in [0.15, 0.2) is 0 Å². The number of rotatable bonds is 1. The average Bonchev–Trinajstić information content (AvgIpc) is 2.19. The van der Waals surface area contributed by atoms with Gasteiger partial charge in [0.05, 0.1) is 6.61 Å². The van der Waals surface area contributed by atoms with Crippen molar-refractivity contribution >= 4 is 15.9 Å². The Morgan fingerprint density at radius 1 is 1.54 bits per heavy atom. The number of hydrogen-bond acceptors (Lipinski definition) is 2. The van der Waals surface area contributed by atoms with Gasteiger partial charge in [-0.15, -0.1) is 0 Å². The van der Waals surface area contributed by atoms with E-state index in [0.717, 1.165) is 19.8 Å². The lowest BCUT2D eigenvalue weighted by Crippen LogP contribution is -2.43. The molecule has 2 heterocycles. The molecule has 2 nitrogen and oxygen atoms in total. The maximum atomic E-state index is 5.49. The standard InChI is InChI=1S/C10H16BrNO/c11-9-3-1-5-12(7-9)10-4-2-6-13-8-10/h3,10H,1-2,4-8H2. The molecule has 0 aromatic carbocycles. The Morgan fingerprint density at radius 2 is 2.46 bits per heavy atom. The molecule has 0 aromatic rings. The number of hydrogen-bond donors (Lipinski definition) is 0. The average molecular weight is 246 g/mol. The van der Waals surface area contributed by atoms with E-state index in [1.54, 1.807) is 0 Å². The minimum Gasteiger partial charge on any atom is -0.380 e. The molecule has 1 fully saturated rings. The van der Waals surface area contributed by atoms with Crippen molar-refractivity contribution in [1.82, 2.24) is 4.90 Å². The third-order valence-corrected chi connectivity index (χ3v) is 3.36. The molecule has 0 aromatic heterocycles. The Hall–Kier alpha value is 0.140. The lowest BCUT2D eigenvalue weighted by atomic mass is 10.1. The van der Waals surface area contributed by atoms with Crippen LogP contribution in [0, 0.1) is 0 Å². The predicted molar refractivity (Wildman–Crippen MR) is 57.0 cm³/mol. The fourth-order valence-electron chi connectivity index (χ4n) is 2.05. The van der Waals surface area contributed by atoms with Gasteiger partial charge in [-0.25, -0.2) is 0 Å². The van der Waals surface area contributed by atoms with Gasteiger partial charge >= 0.3 is 0 Å². The molecular weight excluding hydrogens is 230 g/mol. The number of halogens is 1. The monoisotopic (exact) mass is 245 g/mol. The van der Waals surface area contributed by atoms with E-state index in [4.69, 9.17) is 4.74 Å². The fourth-order valence-corrected chi connectivity index (χ4v) is 2.60. The zero-order valence-corrected chi connectivity index (χ0v) is 9.42. The molecule has 0 saturated carbocycles. The zero-order chi connectivity index (χ0) is 9.10. The Kier molecular flexibility index (Phi) is 3.41. The van der Waals surface area contributed by atoms with Gasteiger partial charge in [0.1, 0.15) is 0 Å². The molecule has 74 valence electrons. The molecule has 0 bridgehead atoms. The van der Waals surface area contributed by atoms with Crippen molar-refractivity contribution < 1.29 is 4.74 Å². The Balaban J connectivity index is 1.89. The summed E-state index contributed by atoms with van der Waals surface area (Å²) in [4.78, 5) is 2.53. The van der Waals surface area contributed by atoms with Gasteiger partial charge in [-0.1, -0.05) is 22.0 Å². The molecule has 2 rings (SSSR count). The lowest BCUT2D eigenvalue weighted by molar-refractivity contribution is 0.0212. The SMILES string of the molecule is BrC1=CCCN(C2CCCOC2)C1. The van der Waals surface area contributed by atoms with Gasteiger partial charge in [-0.3, -0.25) is 4.90 Å². The molecule has 1 saturated heterocycles. The highest BCUT2D eigenvalue weighted by Gasteiger charge is 2.22. The first-order valence-corrected chi connectivity index (χ1v) is 5.82. The van der Waals surface area contributed by atoms with Crippen LogP contribution in [0.4, 0.5) is 0 Å². The smallest absolute Gasteiger partial charge is 0.0621 e. The zero-order valence-electron chi connectivity index (χ0n) is 7.84. The molecule has 0 amide bonds. The molecular formula is C10H16BrNO. The summed E-state index contributed by atoms with van der Waals surface area (Å²) in [6.07, 6.45) is 5.99. The largest absolute Gasteiger partial charge is 0.380 e. The summed E-state index contributed by atoms with van der Waals surface area (Å²) in [5.41, 5.74) is 0. The number of nitrogens with zero attached hydrogens (tertiary/aromatic N) is 1. The van der Waals surface area contributed by atoms with Gasteiger partial charge in [0, 0.05) is 30.2 Å². The van der Waals surface area contributed by atoms with E-state index in [-0.39, 0.29) is 0 Å². The summed E-state index contributed by atoms with van der Waals surface area (Å²) >= 11 is 3.57. The van der Waals surface area contributed by atoms with E-state index >= 15 is 0 Å². The Morgan fingerprint density at radius 3 is 3.15 bits per heavy atom. The highest BCUT2D eigenvalue weighted by molar-refractivity contribution is 9.11. The minimum atomic E-state index is 0.662. The van der Waals surface area contributed by atoms with Gasteiger partial charge in [0.25, 0.3) is 0 Å². The van der Waals surface area contributed by atoms with Crippen molar-refractivity contribution in [3.63, 3.8) is 0 Å². The molecule has 3 heteroatoms. The van der Waals surface area contributed by atoms with Crippen LogP contribution in [0.15, 0.2) is 10.6 Å². The highest BCUT2D eigenvalue weighted by atomic mass is 79.9. The lowest BCUT2D eigenvalue weighted by Gasteiger charge is -2.35. The van der Waals surface area contributed by atoms with Crippen molar-refractivity contribution in [2.24, 2.45) is 0 Å². The summed E-state index contributed by atoms with van der Waals surface area (Å²) in [6, 6.07) is 0.662. The molecule has 0 radical (unpaired) electrons. The summed E-state index contributed by atoms with van der Waals surface area (Å²) in [5, 5.41) is 0. The first-order valence-electron chi connectivity index (χ1n) is 5.02. The van der Waals surface area contributed by atoms with Crippen molar-refractivity contribution in [3.8, 4) is 0 Å². The van der Waals surface area contributed by atoms with Crippen LogP contribution in [0.2, 0.25) is 0 Å². The molecule has 0 N–H and O–H groups in total. The van der Waals surface area contributed by atoms with Crippen LogP contribution in [0.1, 0.15) is 19.3 Å². The van der Waals surface area contributed by atoms with Crippen LogP contribution < -0.4 is 0 Å². The van der Waals surface area contributed by atoms with Crippen LogP contribution in [-0.4, -0.2) is 37.2 Å². The number of ether oxygens (including phenoxy) is 1. The van der Waals surface area contributed by atoms with Gasteiger partial charge < -0.3 is 4.74 Å². The summed E-state index contributed by atoms with van der Waals surface area (Å²) in [6.45, 7) is 4.17.